The van der Waals surface area contributed by atoms with Crippen molar-refractivity contribution in [3.63, 3.8) is 0 Å². The Morgan fingerprint density at radius 2 is 1.88 bits per heavy atom. The SMILES string of the molecule is COC[C@]1(O)CCCC[C@H]1n1cnc(C(=O)N2CCNC[C@H]2CCn2c(=O)n(C)c3ccccc32)c1-c1ccccc1. The van der Waals surface area contributed by atoms with Crippen LogP contribution in [0.25, 0.3) is 22.3 Å². The summed E-state index contributed by atoms with van der Waals surface area (Å²) in [6.07, 6.45) is 5.68. The highest BCUT2D eigenvalue weighted by Gasteiger charge is 2.42. The molecule has 1 saturated heterocycles. The number of nitrogens with zero attached hydrogens (tertiary/aromatic N) is 5. The van der Waals surface area contributed by atoms with Crippen molar-refractivity contribution in [2.45, 2.75) is 56.3 Å². The predicted octanol–water partition coefficient (Wildman–Crippen LogP) is 3.20. The minimum absolute atomic E-state index is 0.0565. The molecule has 6 rings (SSSR count). The Hall–Kier alpha value is -3.73. The second kappa shape index (κ2) is 11.9. The molecule has 1 amide bonds. The molecule has 10 heteroatoms. The van der Waals surface area contributed by atoms with E-state index in [4.69, 9.17) is 9.72 Å². The average molecular weight is 573 g/mol. The van der Waals surface area contributed by atoms with Crippen LogP contribution in [0, 0.1) is 0 Å². The number of carbonyl (C=O) groups excluding carboxylic acids is 1. The standard InChI is InChI=1S/C32H40N6O4/c1-35-25-12-6-7-13-26(25)37(31(35)40)18-15-24-20-33-17-19-36(24)30(39)28-29(23-10-4-3-5-11-23)38(22-34-28)27-14-8-9-16-32(27,41)21-42-2/h3-7,10-13,22,24,27,33,41H,8-9,14-21H2,1-2H3/t24-,27-,32-/m1/s1. The minimum Gasteiger partial charge on any atom is -0.385 e. The van der Waals surface area contributed by atoms with Gasteiger partial charge in [-0.25, -0.2) is 9.78 Å². The molecule has 0 radical (unpaired) electrons. The Morgan fingerprint density at radius 3 is 2.67 bits per heavy atom. The number of aliphatic hydroxyl groups is 1. The number of piperazine rings is 1. The molecule has 3 atom stereocenters. The van der Waals surface area contributed by atoms with Gasteiger partial charge in [0.05, 0.1) is 35.7 Å². The molecule has 4 aromatic rings. The lowest BCUT2D eigenvalue weighted by molar-refractivity contribution is -0.0893. The molecule has 222 valence electrons. The fourth-order valence-corrected chi connectivity index (χ4v) is 6.94. The fourth-order valence-electron chi connectivity index (χ4n) is 6.94. The molecular formula is C32H40N6O4. The van der Waals surface area contributed by atoms with Crippen LogP contribution < -0.4 is 11.0 Å². The third kappa shape index (κ3) is 5.08. The number of carbonyl (C=O) groups is 1. The second-order valence-corrected chi connectivity index (χ2v) is 11.6. The maximum absolute atomic E-state index is 14.3. The number of ether oxygens (including phenoxy) is 1. The zero-order valence-electron chi connectivity index (χ0n) is 24.4. The number of para-hydroxylation sites is 2. The largest absolute Gasteiger partial charge is 0.385 e. The van der Waals surface area contributed by atoms with Crippen LogP contribution in [-0.2, 0) is 18.3 Å². The van der Waals surface area contributed by atoms with Gasteiger partial charge in [-0.15, -0.1) is 0 Å². The maximum Gasteiger partial charge on any atom is 0.328 e. The van der Waals surface area contributed by atoms with E-state index in [-0.39, 0.29) is 30.3 Å². The van der Waals surface area contributed by atoms with Gasteiger partial charge in [0.2, 0.25) is 0 Å². The second-order valence-electron chi connectivity index (χ2n) is 11.6. The summed E-state index contributed by atoms with van der Waals surface area (Å²) in [5.41, 5.74) is 2.70. The molecule has 2 aromatic carbocycles. The lowest BCUT2D eigenvalue weighted by Crippen LogP contribution is -2.54. The topological polar surface area (TPSA) is 107 Å². The zero-order valence-corrected chi connectivity index (χ0v) is 24.4. The van der Waals surface area contributed by atoms with Crippen LogP contribution in [0.5, 0.6) is 0 Å². The first-order valence-corrected chi connectivity index (χ1v) is 14.9. The Bertz CT molecular complexity index is 1600. The van der Waals surface area contributed by atoms with Crippen molar-refractivity contribution in [2.24, 2.45) is 7.05 Å². The van der Waals surface area contributed by atoms with Gasteiger partial charge in [0, 0.05) is 51.9 Å². The maximum atomic E-state index is 14.3. The molecule has 2 N–H and O–H groups in total. The van der Waals surface area contributed by atoms with E-state index in [0.717, 1.165) is 41.6 Å². The smallest absolute Gasteiger partial charge is 0.328 e. The monoisotopic (exact) mass is 572 g/mol. The van der Waals surface area contributed by atoms with Gasteiger partial charge in [0.15, 0.2) is 5.69 Å². The predicted molar refractivity (Wildman–Crippen MR) is 161 cm³/mol. The molecule has 2 aliphatic rings. The first kappa shape index (κ1) is 28.4. The number of aryl methyl sites for hydroxylation is 2. The summed E-state index contributed by atoms with van der Waals surface area (Å²) in [6, 6.07) is 17.3. The Labute approximate surface area is 245 Å². The van der Waals surface area contributed by atoms with E-state index in [1.165, 1.54) is 0 Å². The van der Waals surface area contributed by atoms with E-state index < -0.39 is 5.60 Å². The first-order chi connectivity index (χ1) is 20.4. The quantitative estimate of drug-likeness (QED) is 0.336. The molecule has 42 heavy (non-hydrogen) atoms. The highest BCUT2D eigenvalue weighted by molar-refractivity contribution is 5.98. The van der Waals surface area contributed by atoms with Crippen molar-refractivity contribution >= 4 is 16.9 Å². The van der Waals surface area contributed by atoms with E-state index in [1.54, 1.807) is 29.6 Å². The fraction of sp³-hybridized carbons (Fsp3) is 0.469. The molecule has 1 aliphatic carbocycles. The average Bonchev–Trinajstić information content (AvgIpc) is 3.55. The van der Waals surface area contributed by atoms with Gasteiger partial charge in [-0.05, 0) is 31.4 Å². The number of rotatable bonds is 8. The van der Waals surface area contributed by atoms with Crippen LogP contribution >= 0.6 is 0 Å². The van der Waals surface area contributed by atoms with Gasteiger partial charge in [0.1, 0.15) is 5.60 Å². The molecule has 0 bridgehead atoms. The summed E-state index contributed by atoms with van der Waals surface area (Å²) in [6.45, 7) is 2.60. The van der Waals surface area contributed by atoms with E-state index in [0.29, 0.717) is 44.7 Å². The van der Waals surface area contributed by atoms with Gasteiger partial charge in [0.25, 0.3) is 5.91 Å². The summed E-state index contributed by atoms with van der Waals surface area (Å²) < 4.78 is 10.9. The number of aromatic nitrogens is 4. The number of methoxy groups -OCH3 is 1. The van der Waals surface area contributed by atoms with E-state index in [9.17, 15) is 14.7 Å². The Balaban J connectivity index is 1.33. The van der Waals surface area contributed by atoms with Crippen molar-refractivity contribution in [1.29, 1.82) is 0 Å². The summed E-state index contributed by atoms with van der Waals surface area (Å²) in [5.74, 6) is -0.129. The molecule has 2 aromatic heterocycles. The highest BCUT2D eigenvalue weighted by Crippen LogP contribution is 2.41. The Kier molecular flexibility index (Phi) is 8.02. The van der Waals surface area contributed by atoms with Crippen LogP contribution in [0.2, 0.25) is 0 Å². The van der Waals surface area contributed by atoms with E-state index in [2.05, 4.69) is 5.32 Å². The van der Waals surface area contributed by atoms with Crippen LogP contribution in [0.1, 0.15) is 48.6 Å². The molecule has 1 aliphatic heterocycles. The van der Waals surface area contributed by atoms with Crippen LogP contribution in [0.15, 0.2) is 65.7 Å². The third-order valence-corrected chi connectivity index (χ3v) is 9.08. The number of fused-ring (bicyclic) bond motifs is 1. The van der Waals surface area contributed by atoms with Gasteiger partial charge in [-0.3, -0.25) is 13.9 Å². The van der Waals surface area contributed by atoms with Gasteiger partial charge in [-0.2, -0.15) is 0 Å². The summed E-state index contributed by atoms with van der Waals surface area (Å²) in [4.78, 5) is 34.0. The van der Waals surface area contributed by atoms with Gasteiger partial charge < -0.3 is 24.6 Å². The van der Waals surface area contributed by atoms with Crippen molar-refractivity contribution in [3.8, 4) is 11.3 Å². The van der Waals surface area contributed by atoms with Crippen molar-refractivity contribution in [1.82, 2.24) is 28.9 Å². The van der Waals surface area contributed by atoms with Gasteiger partial charge >= 0.3 is 5.69 Å². The first-order valence-electron chi connectivity index (χ1n) is 14.9. The van der Waals surface area contributed by atoms with Crippen molar-refractivity contribution in [3.05, 3.63) is 77.1 Å². The summed E-state index contributed by atoms with van der Waals surface area (Å²) in [7, 11) is 3.40. The molecule has 0 spiro atoms. The molecule has 10 nitrogen and oxygen atoms in total. The van der Waals surface area contributed by atoms with Crippen LogP contribution in [-0.4, -0.2) is 79.6 Å². The lowest BCUT2D eigenvalue weighted by Gasteiger charge is -2.41. The van der Waals surface area contributed by atoms with Crippen molar-refractivity contribution < 1.29 is 14.6 Å². The molecular weight excluding hydrogens is 532 g/mol. The Morgan fingerprint density at radius 1 is 1.12 bits per heavy atom. The summed E-state index contributed by atoms with van der Waals surface area (Å²) >= 11 is 0. The lowest BCUT2D eigenvalue weighted by atomic mass is 9.80. The van der Waals surface area contributed by atoms with Crippen LogP contribution in [0.3, 0.4) is 0 Å². The van der Waals surface area contributed by atoms with E-state index in [1.807, 2.05) is 64.1 Å². The summed E-state index contributed by atoms with van der Waals surface area (Å²) in [5, 5.41) is 15.1. The highest BCUT2D eigenvalue weighted by atomic mass is 16.5. The molecule has 2 fully saturated rings. The number of amides is 1. The third-order valence-electron chi connectivity index (χ3n) is 9.08. The van der Waals surface area contributed by atoms with Gasteiger partial charge in [-0.1, -0.05) is 55.3 Å². The molecule has 3 heterocycles. The molecule has 0 unspecified atom stereocenters. The molecule has 1 saturated carbocycles. The zero-order chi connectivity index (χ0) is 29.3. The normalized spacial score (nSPS) is 23.0. The van der Waals surface area contributed by atoms with Crippen molar-refractivity contribution in [2.75, 3.05) is 33.4 Å². The number of nitrogens with one attached hydrogen (secondary N) is 1. The number of benzene rings is 2. The number of hydrogen-bond donors (Lipinski definition) is 2. The number of imidazole rings is 2. The minimum atomic E-state index is -1.04. The van der Waals surface area contributed by atoms with Crippen LogP contribution in [0.4, 0.5) is 0 Å². The van der Waals surface area contributed by atoms with E-state index >= 15 is 0 Å². The number of hydrogen-bond acceptors (Lipinski definition) is 6.